The van der Waals surface area contributed by atoms with E-state index in [1.54, 1.807) is 12.4 Å². The van der Waals surface area contributed by atoms with Gasteiger partial charge < -0.3 is 5.73 Å². The number of aromatic amines is 1. The van der Waals surface area contributed by atoms with Crippen LogP contribution in [0, 0.1) is 6.92 Å². The van der Waals surface area contributed by atoms with Crippen molar-refractivity contribution in [3.8, 4) is 0 Å². The maximum Gasteiger partial charge on any atom is 0.134 e. The molecule has 0 bridgehead atoms. The van der Waals surface area contributed by atoms with Crippen molar-refractivity contribution in [3.63, 3.8) is 0 Å². The third-order valence-corrected chi connectivity index (χ3v) is 1.71. The Morgan fingerprint density at radius 2 is 1.73 bits per heavy atom. The normalized spacial score (nSPS) is 8.60. The van der Waals surface area contributed by atoms with Crippen molar-refractivity contribution in [2.24, 2.45) is 0 Å². The number of nitrogens with one attached hydrogen (secondary N) is 1. The number of nitrogens with two attached hydrogens (primary N) is 1. The molecule has 0 saturated carbocycles. The van der Waals surface area contributed by atoms with Crippen molar-refractivity contribution in [2.45, 2.75) is 34.6 Å². The first-order valence-corrected chi connectivity index (χ1v) is 5.33. The van der Waals surface area contributed by atoms with Gasteiger partial charge in [0.05, 0.1) is 17.1 Å². The van der Waals surface area contributed by atoms with Crippen LogP contribution in [0.4, 0.5) is 5.82 Å². The molecule has 0 aromatic carbocycles. The minimum Gasteiger partial charge on any atom is -0.383 e. The van der Waals surface area contributed by atoms with Crippen LogP contribution in [0.3, 0.4) is 0 Å². The molecule has 0 unspecified atom stereocenters. The zero-order valence-electron chi connectivity index (χ0n) is 10.1. The molecule has 2 rings (SSSR count). The molecule has 2 aromatic heterocycles. The number of hydrogen-bond acceptors (Lipinski definition) is 3. The van der Waals surface area contributed by atoms with Gasteiger partial charge in [0.25, 0.3) is 0 Å². The lowest BCUT2D eigenvalue weighted by Crippen LogP contribution is -1.90. The molecular weight excluding hydrogens is 188 g/mol. The Bertz CT molecular complexity index is 356. The lowest BCUT2D eigenvalue weighted by atomic mass is 10.2. The predicted molar refractivity (Wildman–Crippen MR) is 65.7 cm³/mol. The molecule has 0 aliphatic heterocycles. The molecule has 4 heteroatoms. The van der Waals surface area contributed by atoms with Gasteiger partial charge in [0.15, 0.2) is 0 Å². The molecule has 4 nitrogen and oxygen atoms in total. The van der Waals surface area contributed by atoms with Crippen LogP contribution < -0.4 is 5.73 Å². The average molecular weight is 208 g/mol. The molecule has 15 heavy (non-hydrogen) atoms. The SMILES string of the molecule is CC.CC.Cc1cnc(N)c2cn[nH]c12. The van der Waals surface area contributed by atoms with E-state index in [2.05, 4.69) is 15.2 Å². The quantitative estimate of drug-likeness (QED) is 0.699. The van der Waals surface area contributed by atoms with E-state index < -0.39 is 0 Å². The van der Waals surface area contributed by atoms with Gasteiger partial charge in [0, 0.05) is 6.20 Å². The van der Waals surface area contributed by atoms with Crippen LogP contribution >= 0.6 is 0 Å². The zero-order chi connectivity index (χ0) is 11.8. The second kappa shape index (κ2) is 6.81. The number of fused-ring (bicyclic) bond motifs is 1. The van der Waals surface area contributed by atoms with Gasteiger partial charge in [-0.25, -0.2) is 4.98 Å². The molecule has 0 atom stereocenters. The van der Waals surface area contributed by atoms with Crippen LogP contribution in [0.5, 0.6) is 0 Å². The highest BCUT2D eigenvalue weighted by Gasteiger charge is 2.02. The largest absolute Gasteiger partial charge is 0.383 e. The molecule has 0 fully saturated rings. The Labute approximate surface area is 90.9 Å². The highest BCUT2D eigenvalue weighted by atomic mass is 15.1. The molecule has 0 aliphatic rings. The van der Waals surface area contributed by atoms with E-state index in [4.69, 9.17) is 5.73 Å². The lowest BCUT2D eigenvalue weighted by Gasteiger charge is -1.95. The van der Waals surface area contributed by atoms with Crippen molar-refractivity contribution in [1.29, 1.82) is 0 Å². The van der Waals surface area contributed by atoms with Gasteiger partial charge in [-0.3, -0.25) is 5.10 Å². The van der Waals surface area contributed by atoms with Crippen LogP contribution in [0.2, 0.25) is 0 Å². The average Bonchev–Trinajstić information content (AvgIpc) is 2.79. The monoisotopic (exact) mass is 208 g/mol. The fraction of sp³-hybridized carbons (Fsp3) is 0.455. The van der Waals surface area contributed by atoms with E-state index in [0.29, 0.717) is 5.82 Å². The van der Waals surface area contributed by atoms with Gasteiger partial charge in [-0.2, -0.15) is 5.10 Å². The van der Waals surface area contributed by atoms with Gasteiger partial charge >= 0.3 is 0 Å². The van der Waals surface area contributed by atoms with Crippen molar-refractivity contribution in [3.05, 3.63) is 18.0 Å². The van der Waals surface area contributed by atoms with Crippen LogP contribution in [-0.4, -0.2) is 15.2 Å². The molecule has 0 spiro atoms. The topological polar surface area (TPSA) is 67.6 Å². The number of anilines is 1. The standard InChI is InChI=1S/C7H8N4.2C2H6/c1-4-2-9-7(8)5-3-10-11-6(4)5;2*1-2/h2-3H,1H3,(H2,8,9)(H,10,11);2*1-2H3. The van der Waals surface area contributed by atoms with E-state index in [9.17, 15) is 0 Å². The third-order valence-electron chi connectivity index (χ3n) is 1.71. The van der Waals surface area contributed by atoms with Crippen LogP contribution in [0.25, 0.3) is 10.9 Å². The fourth-order valence-corrected chi connectivity index (χ4v) is 1.08. The Kier molecular flexibility index (Phi) is 6.09. The van der Waals surface area contributed by atoms with Crippen molar-refractivity contribution in [2.75, 3.05) is 5.73 Å². The Hall–Kier alpha value is -1.58. The molecule has 0 aliphatic carbocycles. The van der Waals surface area contributed by atoms with Gasteiger partial charge in [0.2, 0.25) is 0 Å². The predicted octanol–water partition coefficient (Wildman–Crippen LogP) is 2.90. The molecule has 0 radical (unpaired) electrons. The molecule has 0 saturated heterocycles. The molecule has 84 valence electrons. The first kappa shape index (κ1) is 13.4. The Balaban J connectivity index is 0.000000442. The smallest absolute Gasteiger partial charge is 0.134 e. The minimum absolute atomic E-state index is 0.527. The van der Waals surface area contributed by atoms with E-state index in [1.165, 1.54) is 0 Å². The van der Waals surface area contributed by atoms with Crippen LogP contribution in [0.1, 0.15) is 33.3 Å². The highest BCUT2D eigenvalue weighted by Crippen LogP contribution is 2.18. The molecule has 2 heterocycles. The summed E-state index contributed by atoms with van der Waals surface area (Å²) in [6, 6.07) is 0. The van der Waals surface area contributed by atoms with Gasteiger partial charge in [-0.05, 0) is 12.5 Å². The van der Waals surface area contributed by atoms with Crippen molar-refractivity contribution in [1.82, 2.24) is 15.2 Å². The summed E-state index contributed by atoms with van der Waals surface area (Å²) >= 11 is 0. The summed E-state index contributed by atoms with van der Waals surface area (Å²) in [7, 11) is 0. The summed E-state index contributed by atoms with van der Waals surface area (Å²) in [5, 5.41) is 7.63. The number of aromatic nitrogens is 3. The Morgan fingerprint density at radius 3 is 2.27 bits per heavy atom. The number of pyridine rings is 1. The maximum absolute atomic E-state index is 5.60. The van der Waals surface area contributed by atoms with Gasteiger partial charge in [-0.15, -0.1) is 0 Å². The molecule has 0 amide bonds. The summed E-state index contributed by atoms with van der Waals surface area (Å²) in [6.45, 7) is 9.97. The fourth-order valence-electron chi connectivity index (χ4n) is 1.08. The van der Waals surface area contributed by atoms with Crippen LogP contribution in [0.15, 0.2) is 12.4 Å². The minimum atomic E-state index is 0.527. The van der Waals surface area contributed by atoms with E-state index >= 15 is 0 Å². The van der Waals surface area contributed by atoms with Gasteiger partial charge in [-0.1, -0.05) is 27.7 Å². The van der Waals surface area contributed by atoms with Crippen LogP contribution in [-0.2, 0) is 0 Å². The number of nitrogen functional groups attached to an aromatic ring is 1. The molecule has 3 N–H and O–H groups in total. The summed E-state index contributed by atoms with van der Waals surface area (Å²) in [5.74, 6) is 0.527. The van der Waals surface area contributed by atoms with E-state index in [-0.39, 0.29) is 0 Å². The second-order valence-corrected chi connectivity index (χ2v) is 2.49. The maximum atomic E-state index is 5.60. The summed E-state index contributed by atoms with van der Waals surface area (Å²) in [5.41, 5.74) is 7.63. The van der Waals surface area contributed by atoms with E-state index in [0.717, 1.165) is 16.5 Å². The third kappa shape index (κ3) is 2.94. The lowest BCUT2D eigenvalue weighted by molar-refractivity contribution is 1.11. The number of H-pyrrole nitrogens is 1. The van der Waals surface area contributed by atoms with Crippen molar-refractivity contribution >= 4 is 16.7 Å². The molecular formula is C11H20N4. The molecule has 2 aromatic rings. The summed E-state index contributed by atoms with van der Waals surface area (Å²) in [6.07, 6.45) is 3.42. The number of nitrogens with zero attached hydrogens (tertiary/aromatic N) is 2. The van der Waals surface area contributed by atoms with Crippen molar-refractivity contribution < 1.29 is 0 Å². The second-order valence-electron chi connectivity index (χ2n) is 2.49. The number of hydrogen-bond donors (Lipinski definition) is 2. The first-order chi connectivity index (χ1) is 7.29. The van der Waals surface area contributed by atoms with E-state index in [1.807, 2.05) is 34.6 Å². The summed E-state index contributed by atoms with van der Waals surface area (Å²) in [4.78, 5) is 4.00. The number of aryl methyl sites for hydroxylation is 1. The van der Waals surface area contributed by atoms with Gasteiger partial charge in [0.1, 0.15) is 5.82 Å². The Morgan fingerprint density at radius 1 is 1.13 bits per heavy atom. The zero-order valence-corrected chi connectivity index (χ0v) is 10.1. The highest BCUT2D eigenvalue weighted by molar-refractivity contribution is 5.89. The first-order valence-electron chi connectivity index (χ1n) is 5.33. The summed E-state index contributed by atoms with van der Waals surface area (Å²) < 4.78 is 0. The number of rotatable bonds is 0.